The summed E-state index contributed by atoms with van der Waals surface area (Å²) in [6.07, 6.45) is 7.29. The van der Waals surface area contributed by atoms with Crippen molar-refractivity contribution in [1.82, 2.24) is 5.32 Å². The predicted molar refractivity (Wildman–Crippen MR) is 89.9 cm³/mol. The minimum atomic E-state index is -1.06. The highest BCUT2D eigenvalue weighted by molar-refractivity contribution is 5.96. The zero-order valence-corrected chi connectivity index (χ0v) is 14.0. The van der Waals surface area contributed by atoms with Crippen LogP contribution in [-0.4, -0.2) is 29.6 Å². The highest BCUT2D eigenvalue weighted by atomic mass is 16.5. The standard InChI is InChI=1S/C18H27NO4/c1-3-4-5-6-7-8-13-23-16-11-9-15(10-12-16)17(20)19-14(2)18(21)22/h9-12,14H,3-8,13H2,1-2H3,(H,19,20)(H,21,22)/t14-/m0/s1. The Hall–Kier alpha value is -2.04. The Morgan fingerprint density at radius 2 is 1.70 bits per heavy atom. The van der Waals surface area contributed by atoms with Crippen molar-refractivity contribution in [3.05, 3.63) is 29.8 Å². The molecule has 0 aliphatic heterocycles. The minimum Gasteiger partial charge on any atom is -0.494 e. The molecule has 0 saturated carbocycles. The number of nitrogens with one attached hydrogen (secondary N) is 1. The number of hydrogen-bond donors (Lipinski definition) is 2. The average Bonchev–Trinajstić information content (AvgIpc) is 2.54. The highest BCUT2D eigenvalue weighted by Gasteiger charge is 2.15. The van der Waals surface area contributed by atoms with Crippen LogP contribution in [0.15, 0.2) is 24.3 Å². The van der Waals surface area contributed by atoms with Crippen molar-refractivity contribution >= 4 is 11.9 Å². The number of ether oxygens (including phenoxy) is 1. The van der Waals surface area contributed by atoms with Gasteiger partial charge < -0.3 is 15.2 Å². The minimum absolute atomic E-state index is 0.401. The number of amides is 1. The number of carbonyl (C=O) groups excluding carboxylic acids is 1. The number of aliphatic carboxylic acids is 1. The third-order valence-corrected chi connectivity index (χ3v) is 3.60. The van der Waals surface area contributed by atoms with E-state index in [2.05, 4.69) is 12.2 Å². The first-order chi connectivity index (χ1) is 11.0. The molecular formula is C18H27NO4. The number of carboxylic acids is 1. The Balaban J connectivity index is 2.30. The molecule has 0 saturated heterocycles. The number of hydrogen-bond acceptors (Lipinski definition) is 3. The quantitative estimate of drug-likeness (QED) is 0.610. The van der Waals surface area contributed by atoms with Crippen LogP contribution in [0.3, 0.4) is 0 Å². The van der Waals surface area contributed by atoms with Gasteiger partial charge in [0.1, 0.15) is 11.8 Å². The largest absolute Gasteiger partial charge is 0.494 e. The molecule has 1 aromatic rings. The molecule has 0 bridgehead atoms. The predicted octanol–water partition coefficient (Wildman–Crippen LogP) is 3.63. The van der Waals surface area contributed by atoms with Gasteiger partial charge in [0, 0.05) is 5.56 Å². The van der Waals surface area contributed by atoms with Crippen molar-refractivity contribution in [3.63, 3.8) is 0 Å². The van der Waals surface area contributed by atoms with Crippen molar-refractivity contribution in [1.29, 1.82) is 0 Å². The molecule has 128 valence electrons. The van der Waals surface area contributed by atoms with E-state index in [4.69, 9.17) is 9.84 Å². The molecule has 0 aromatic heterocycles. The summed E-state index contributed by atoms with van der Waals surface area (Å²) in [5.74, 6) is -0.735. The molecule has 5 nitrogen and oxygen atoms in total. The summed E-state index contributed by atoms with van der Waals surface area (Å²) in [6.45, 7) is 4.31. The summed E-state index contributed by atoms with van der Waals surface area (Å²) in [5.41, 5.74) is 0.421. The maximum atomic E-state index is 11.8. The molecule has 1 amide bonds. The van der Waals surface area contributed by atoms with E-state index in [0.29, 0.717) is 12.2 Å². The van der Waals surface area contributed by atoms with E-state index in [0.717, 1.165) is 12.2 Å². The van der Waals surface area contributed by atoms with Crippen molar-refractivity contribution < 1.29 is 19.4 Å². The van der Waals surface area contributed by atoms with Crippen LogP contribution in [-0.2, 0) is 4.79 Å². The van der Waals surface area contributed by atoms with Crippen LogP contribution < -0.4 is 10.1 Å². The lowest BCUT2D eigenvalue weighted by Gasteiger charge is -2.10. The highest BCUT2D eigenvalue weighted by Crippen LogP contribution is 2.13. The van der Waals surface area contributed by atoms with E-state index in [-0.39, 0.29) is 0 Å². The molecule has 0 heterocycles. The molecule has 2 N–H and O–H groups in total. The SMILES string of the molecule is CCCCCCCCOc1ccc(C(=O)N[C@@H](C)C(=O)O)cc1. The Bertz CT molecular complexity index is 484. The molecule has 0 radical (unpaired) electrons. The maximum Gasteiger partial charge on any atom is 0.325 e. The number of benzene rings is 1. The van der Waals surface area contributed by atoms with E-state index < -0.39 is 17.9 Å². The average molecular weight is 321 g/mol. The van der Waals surface area contributed by atoms with Crippen LogP contribution in [0.4, 0.5) is 0 Å². The summed E-state index contributed by atoms with van der Waals surface area (Å²) in [7, 11) is 0. The molecule has 0 aliphatic rings. The first-order valence-electron chi connectivity index (χ1n) is 8.31. The first kappa shape index (κ1) is 19.0. The molecule has 23 heavy (non-hydrogen) atoms. The Kier molecular flexibility index (Phi) is 8.80. The molecule has 5 heteroatoms. The third-order valence-electron chi connectivity index (χ3n) is 3.60. The molecule has 1 rings (SSSR count). The molecule has 1 aromatic carbocycles. The lowest BCUT2D eigenvalue weighted by molar-refractivity contribution is -0.138. The van der Waals surface area contributed by atoms with Gasteiger partial charge in [-0.2, -0.15) is 0 Å². The van der Waals surface area contributed by atoms with E-state index in [1.807, 2.05) is 0 Å². The zero-order valence-electron chi connectivity index (χ0n) is 14.0. The van der Waals surface area contributed by atoms with Crippen LogP contribution in [0.2, 0.25) is 0 Å². The molecular weight excluding hydrogens is 294 g/mol. The van der Waals surface area contributed by atoms with Crippen molar-refractivity contribution in [2.24, 2.45) is 0 Å². The lowest BCUT2D eigenvalue weighted by Crippen LogP contribution is -2.38. The third kappa shape index (κ3) is 7.68. The number of unbranched alkanes of at least 4 members (excludes halogenated alkanes) is 5. The topological polar surface area (TPSA) is 75.6 Å². The second-order valence-electron chi connectivity index (χ2n) is 5.67. The molecule has 0 spiro atoms. The Morgan fingerprint density at radius 1 is 1.09 bits per heavy atom. The normalized spacial score (nSPS) is 11.7. The van der Waals surface area contributed by atoms with Crippen molar-refractivity contribution in [2.45, 2.75) is 58.4 Å². The van der Waals surface area contributed by atoms with E-state index in [1.54, 1.807) is 24.3 Å². The van der Waals surface area contributed by atoms with Crippen LogP contribution >= 0.6 is 0 Å². The summed E-state index contributed by atoms with van der Waals surface area (Å²) in [5, 5.41) is 11.2. The Morgan fingerprint density at radius 3 is 2.30 bits per heavy atom. The fourth-order valence-corrected chi connectivity index (χ4v) is 2.12. The second-order valence-corrected chi connectivity index (χ2v) is 5.67. The number of rotatable bonds is 11. The van der Waals surface area contributed by atoms with Gasteiger partial charge in [0.2, 0.25) is 0 Å². The van der Waals surface area contributed by atoms with E-state index in [9.17, 15) is 9.59 Å². The van der Waals surface area contributed by atoms with Gasteiger partial charge in [-0.05, 0) is 37.6 Å². The van der Waals surface area contributed by atoms with Gasteiger partial charge in [-0.15, -0.1) is 0 Å². The van der Waals surface area contributed by atoms with Crippen LogP contribution in [0, 0.1) is 0 Å². The van der Waals surface area contributed by atoms with Crippen LogP contribution in [0.25, 0.3) is 0 Å². The summed E-state index contributed by atoms with van der Waals surface area (Å²) in [4.78, 5) is 22.6. The molecule has 0 aliphatic carbocycles. The lowest BCUT2D eigenvalue weighted by atomic mass is 10.1. The van der Waals surface area contributed by atoms with Gasteiger partial charge in [-0.3, -0.25) is 9.59 Å². The van der Waals surface area contributed by atoms with Crippen molar-refractivity contribution in [2.75, 3.05) is 6.61 Å². The van der Waals surface area contributed by atoms with Crippen LogP contribution in [0.5, 0.6) is 5.75 Å². The van der Waals surface area contributed by atoms with Gasteiger partial charge in [0.15, 0.2) is 0 Å². The van der Waals surface area contributed by atoms with E-state index in [1.165, 1.54) is 39.0 Å². The number of carboxylic acid groups (broad SMARTS) is 1. The van der Waals surface area contributed by atoms with Gasteiger partial charge in [0.05, 0.1) is 6.61 Å². The maximum absolute atomic E-state index is 11.8. The van der Waals surface area contributed by atoms with Gasteiger partial charge in [-0.25, -0.2) is 0 Å². The fraction of sp³-hybridized carbons (Fsp3) is 0.556. The number of carbonyl (C=O) groups is 2. The summed E-state index contributed by atoms with van der Waals surface area (Å²) in [6, 6.07) is 5.83. The van der Waals surface area contributed by atoms with Gasteiger partial charge in [-0.1, -0.05) is 39.0 Å². The molecule has 0 unspecified atom stereocenters. The summed E-state index contributed by atoms with van der Waals surface area (Å²) >= 11 is 0. The second kappa shape index (κ2) is 10.6. The van der Waals surface area contributed by atoms with Gasteiger partial charge in [0.25, 0.3) is 5.91 Å². The summed E-state index contributed by atoms with van der Waals surface area (Å²) < 4.78 is 5.64. The first-order valence-corrected chi connectivity index (χ1v) is 8.31. The zero-order chi connectivity index (χ0) is 17.1. The van der Waals surface area contributed by atoms with Gasteiger partial charge >= 0.3 is 5.97 Å². The smallest absolute Gasteiger partial charge is 0.325 e. The fourth-order valence-electron chi connectivity index (χ4n) is 2.12. The van der Waals surface area contributed by atoms with E-state index >= 15 is 0 Å². The monoisotopic (exact) mass is 321 g/mol. The van der Waals surface area contributed by atoms with Crippen LogP contribution in [0.1, 0.15) is 62.7 Å². The molecule has 1 atom stereocenters. The molecule has 0 fully saturated rings. The Labute approximate surface area is 138 Å². The van der Waals surface area contributed by atoms with Crippen molar-refractivity contribution in [3.8, 4) is 5.75 Å².